The van der Waals surface area contributed by atoms with Crippen LogP contribution in [0, 0.1) is 5.82 Å². The van der Waals surface area contributed by atoms with Gasteiger partial charge in [-0.1, -0.05) is 36.4 Å². The summed E-state index contributed by atoms with van der Waals surface area (Å²) in [5.41, 5.74) is -2.13. The number of hydrogen-bond donors (Lipinski definition) is 0. The number of rotatable bonds is 2. The number of carbonyl (C=O) groups excluding carboxylic acids is 4. The van der Waals surface area contributed by atoms with E-state index in [1.54, 1.807) is 56.1 Å². The van der Waals surface area contributed by atoms with Crippen molar-refractivity contribution in [2.45, 2.75) is 50.3 Å². The highest BCUT2D eigenvalue weighted by molar-refractivity contribution is 6.23. The number of hydrazine groups is 1. The molecule has 2 saturated heterocycles. The van der Waals surface area contributed by atoms with Crippen LogP contribution in [0.15, 0.2) is 48.5 Å². The molecule has 2 fully saturated rings. The zero-order valence-corrected chi connectivity index (χ0v) is 20.4. The van der Waals surface area contributed by atoms with Gasteiger partial charge in [0.25, 0.3) is 5.91 Å². The third-order valence-corrected chi connectivity index (χ3v) is 6.84. The van der Waals surface area contributed by atoms with Gasteiger partial charge in [0.2, 0.25) is 5.91 Å². The van der Waals surface area contributed by atoms with Crippen LogP contribution in [0.3, 0.4) is 0 Å². The Labute approximate surface area is 207 Å². The molecule has 0 N–H and O–H groups in total. The Balaban J connectivity index is 1.82. The molecule has 3 aliphatic rings. The van der Waals surface area contributed by atoms with E-state index in [-0.39, 0.29) is 24.2 Å². The van der Waals surface area contributed by atoms with Crippen LogP contribution in [0.5, 0.6) is 0 Å². The molecule has 2 aromatic rings. The number of fused-ring (bicyclic) bond motifs is 3. The van der Waals surface area contributed by atoms with Crippen molar-refractivity contribution in [2.75, 3.05) is 18.6 Å². The van der Waals surface area contributed by atoms with E-state index >= 15 is 4.39 Å². The third-order valence-electron chi connectivity index (χ3n) is 6.84. The molecule has 188 valence electrons. The minimum absolute atomic E-state index is 0.0835. The molecule has 1 unspecified atom stereocenters. The Hall–Kier alpha value is -3.79. The maximum atomic E-state index is 15.4. The van der Waals surface area contributed by atoms with E-state index in [4.69, 9.17) is 9.47 Å². The van der Waals surface area contributed by atoms with Gasteiger partial charge < -0.3 is 9.47 Å². The molecule has 0 aliphatic carbocycles. The minimum atomic E-state index is -1.86. The SMILES string of the molecule is COC(=O)[C@H]1N2C(=O)CCN2[C@@H](c2ccccc2F)C12C(=O)N(C(=O)OC(C)(C)C)c1ccccc12. The zero-order valence-electron chi connectivity index (χ0n) is 20.4. The van der Waals surface area contributed by atoms with Crippen LogP contribution >= 0.6 is 0 Å². The first-order valence-corrected chi connectivity index (χ1v) is 11.6. The summed E-state index contributed by atoms with van der Waals surface area (Å²) in [7, 11) is 1.16. The number of imide groups is 1. The van der Waals surface area contributed by atoms with Gasteiger partial charge in [-0.25, -0.2) is 23.9 Å². The van der Waals surface area contributed by atoms with Gasteiger partial charge in [-0.05, 0) is 38.5 Å². The number of carbonyl (C=O) groups is 4. The maximum Gasteiger partial charge on any atom is 0.421 e. The highest BCUT2D eigenvalue weighted by Crippen LogP contribution is 2.60. The fourth-order valence-corrected chi connectivity index (χ4v) is 5.64. The average Bonchev–Trinajstić information content (AvgIpc) is 3.42. The smallest absolute Gasteiger partial charge is 0.421 e. The summed E-state index contributed by atoms with van der Waals surface area (Å²) in [5, 5.41) is 2.76. The Morgan fingerprint density at radius 3 is 2.39 bits per heavy atom. The van der Waals surface area contributed by atoms with Crippen molar-refractivity contribution in [3.63, 3.8) is 0 Å². The molecule has 0 saturated carbocycles. The van der Waals surface area contributed by atoms with Gasteiger partial charge in [0.15, 0.2) is 6.04 Å². The molecule has 3 heterocycles. The normalized spacial score (nSPS) is 25.4. The molecule has 3 amide bonds. The van der Waals surface area contributed by atoms with Crippen molar-refractivity contribution in [1.82, 2.24) is 10.0 Å². The quantitative estimate of drug-likeness (QED) is 0.591. The Morgan fingerprint density at radius 2 is 1.72 bits per heavy atom. The van der Waals surface area contributed by atoms with Crippen LogP contribution in [0.25, 0.3) is 0 Å². The van der Waals surface area contributed by atoms with Gasteiger partial charge in [-0.3, -0.25) is 14.6 Å². The van der Waals surface area contributed by atoms with E-state index in [1.807, 2.05) is 0 Å². The summed E-state index contributed by atoms with van der Waals surface area (Å²) in [4.78, 5) is 55.2. The van der Waals surface area contributed by atoms with Crippen molar-refractivity contribution < 1.29 is 33.0 Å². The van der Waals surface area contributed by atoms with Crippen LogP contribution in [0.4, 0.5) is 14.9 Å². The molecule has 0 aromatic heterocycles. The van der Waals surface area contributed by atoms with Gasteiger partial charge in [0.05, 0.1) is 18.8 Å². The standard InChI is InChI=1S/C26H26FN3O6/c1-25(2,3)36-24(34)29-18-12-8-6-10-16(18)26(23(29)33)20(15-9-5-7-11-17(15)27)28-14-13-19(31)30(28)21(26)22(32)35-4/h5-12,20-21H,13-14H2,1-4H3/t20-,21+,26?/m0/s1. The predicted octanol–water partition coefficient (Wildman–Crippen LogP) is 3.09. The van der Waals surface area contributed by atoms with E-state index in [2.05, 4.69) is 0 Å². The highest BCUT2D eigenvalue weighted by Gasteiger charge is 2.74. The number of esters is 1. The molecular weight excluding hydrogens is 469 g/mol. The predicted molar refractivity (Wildman–Crippen MR) is 125 cm³/mol. The van der Waals surface area contributed by atoms with Gasteiger partial charge in [0.1, 0.15) is 16.8 Å². The number of para-hydroxylation sites is 1. The van der Waals surface area contributed by atoms with E-state index in [0.717, 1.165) is 12.0 Å². The fourth-order valence-electron chi connectivity index (χ4n) is 5.64. The van der Waals surface area contributed by atoms with Crippen LogP contribution in [0.2, 0.25) is 0 Å². The van der Waals surface area contributed by atoms with Crippen molar-refractivity contribution in [1.29, 1.82) is 0 Å². The summed E-state index contributed by atoms with van der Waals surface area (Å²) < 4.78 is 26.0. The number of halogens is 1. The Morgan fingerprint density at radius 1 is 1.06 bits per heavy atom. The van der Waals surface area contributed by atoms with E-state index in [9.17, 15) is 19.2 Å². The number of nitrogens with zero attached hydrogens (tertiary/aromatic N) is 3. The largest absolute Gasteiger partial charge is 0.467 e. The number of anilines is 1. The lowest BCUT2D eigenvalue weighted by Gasteiger charge is -2.34. The molecule has 1 spiro atoms. The number of ether oxygens (including phenoxy) is 2. The van der Waals surface area contributed by atoms with Crippen molar-refractivity contribution in [3.05, 3.63) is 65.5 Å². The summed E-state index contributed by atoms with van der Waals surface area (Å²) in [6.45, 7) is 5.17. The average molecular weight is 496 g/mol. The molecule has 36 heavy (non-hydrogen) atoms. The fraction of sp³-hybridized carbons (Fsp3) is 0.385. The maximum absolute atomic E-state index is 15.4. The van der Waals surface area contributed by atoms with E-state index < -0.39 is 52.8 Å². The van der Waals surface area contributed by atoms with Crippen LogP contribution in [-0.4, -0.2) is 59.2 Å². The van der Waals surface area contributed by atoms with Crippen LogP contribution in [-0.2, 0) is 29.3 Å². The van der Waals surface area contributed by atoms with E-state index in [0.29, 0.717) is 5.56 Å². The van der Waals surface area contributed by atoms with Crippen molar-refractivity contribution >= 4 is 29.6 Å². The van der Waals surface area contributed by atoms with Crippen molar-refractivity contribution in [3.8, 4) is 0 Å². The topological polar surface area (TPSA) is 96.5 Å². The number of methoxy groups -OCH3 is 1. The lowest BCUT2D eigenvalue weighted by atomic mass is 9.68. The molecule has 3 aliphatic heterocycles. The van der Waals surface area contributed by atoms with Gasteiger partial charge in [-0.15, -0.1) is 0 Å². The third kappa shape index (κ3) is 3.17. The molecule has 0 radical (unpaired) electrons. The second-order valence-corrected chi connectivity index (χ2v) is 10.0. The molecular formula is C26H26FN3O6. The number of amides is 3. The zero-order chi connectivity index (χ0) is 26.0. The summed E-state index contributed by atoms with van der Waals surface area (Å²) in [6, 6.07) is 9.86. The molecule has 3 atom stereocenters. The summed E-state index contributed by atoms with van der Waals surface area (Å²) >= 11 is 0. The Kier molecular flexibility index (Phi) is 5.40. The highest BCUT2D eigenvalue weighted by atomic mass is 19.1. The monoisotopic (exact) mass is 495 g/mol. The first-order valence-electron chi connectivity index (χ1n) is 11.6. The Bertz CT molecular complexity index is 1290. The van der Waals surface area contributed by atoms with E-state index in [1.165, 1.54) is 23.2 Å². The van der Waals surface area contributed by atoms with Crippen molar-refractivity contribution in [2.24, 2.45) is 0 Å². The number of benzene rings is 2. The van der Waals surface area contributed by atoms with Gasteiger partial charge in [0, 0.05) is 18.5 Å². The lowest BCUT2D eigenvalue weighted by Crippen LogP contribution is -2.57. The van der Waals surface area contributed by atoms with Gasteiger partial charge in [-0.2, -0.15) is 0 Å². The first-order chi connectivity index (χ1) is 17.0. The number of hydrogen-bond acceptors (Lipinski definition) is 7. The van der Waals surface area contributed by atoms with Crippen LogP contribution < -0.4 is 4.90 Å². The van der Waals surface area contributed by atoms with Crippen LogP contribution in [0.1, 0.15) is 44.4 Å². The molecule has 2 aromatic carbocycles. The molecule has 5 rings (SSSR count). The molecule has 0 bridgehead atoms. The lowest BCUT2D eigenvalue weighted by molar-refractivity contribution is -0.158. The molecule has 10 heteroatoms. The molecule has 9 nitrogen and oxygen atoms in total. The summed E-state index contributed by atoms with van der Waals surface area (Å²) in [5.74, 6) is -2.63. The first kappa shape index (κ1) is 23.9. The second-order valence-electron chi connectivity index (χ2n) is 10.0. The minimum Gasteiger partial charge on any atom is -0.467 e. The summed E-state index contributed by atoms with van der Waals surface area (Å²) in [6.07, 6.45) is -0.846. The van der Waals surface area contributed by atoms with Gasteiger partial charge >= 0.3 is 12.1 Å². The second kappa shape index (κ2) is 8.12.